The molecule has 0 amide bonds. The molecular formula is C14H21N3S. The van der Waals surface area contributed by atoms with Crippen LogP contribution in [0.1, 0.15) is 31.9 Å². The van der Waals surface area contributed by atoms with E-state index in [0.717, 1.165) is 38.0 Å². The Bertz CT molecular complexity index is 448. The molecule has 0 atom stereocenters. The molecule has 0 aromatic carbocycles. The summed E-state index contributed by atoms with van der Waals surface area (Å²) in [5, 5.41) is 4.61. The maximum atomic E-state index is 4.61. The van der Waals surface area contributed by atoms with Gasteiger partial charge in [0.15, 0.2) is 0 Å². The van der Waals surface area contributed by atoms with Gasteiger partial charge in [-0.1, -0.05) is 26.0 Å². The third-order valence-corrected chi connectivity index (χ3v) is 3.84. The normalized spacial score (nSPS) is 16.7. The van der Waals surface area contributed by atoms with Crippen LogP contribution in [0.5, 0.6) is 0 Å². The zero-order chi connectivity index (χ0) is 13.0. The smallest absolute Gasteiger partial charge is 0.0903 e. The molecule has 4 heteroatoms. The summed E-state index contributed by atoms with van der Waals surface area (Å²) in [6, 6.07) is 2.09. The van der Waals surface area contributed by atoms with E-state index in [4.69, 9.17) is 0 Å². The Labute approximate surface area is 114 Å². The lowest BCUT2D eigenvalue weighted by Crippen LogP contribution is -2.25. The minimum absolute atomic E-state index is 0.998. The Hall–Kier alpha value is -1.00. The summed E-state index contributed by atoms with van der Waals surface area (Å²) >= 11 is 1.62. The molecule has 0 N–H and O–H groups in total. The lowest BCUT2D eigenvalue weighted by Gasteiger charge is -2.21. The van der Waals surface area contributed by atoms with E-state index in [1.807, 2.05) is 10.3 Å². The van der Waals surface area contributed by atoms with Crippen molar-refractivity contribution in [2.45, 2.75) is 26.2 Å². The van der Waals surface area contributed by atoms with Crippen molar-refractivity contribution >= 4 is 17.5 Å². The molecule has 0 unspecified atom stereocenters. The maximum Gasteiger partial charge on any atom is 0.0903 e. The molecule has 1 aliphatic heterocycles. The summed E-state index contributed by atoms with van der Waals surface area (Å²) in [7, 11) is 2.15. The summed E-state index contributed by atoms with van der Waals surface area (Å²) in [6.07, 6.45) is 7.63. The van der Waals surface area contributed by atoms with Gasteiger partial charge in [-0.3, -0.25) is 0 Å². The highest BCUT2D eigenvalue weighted by molar-refractivity contribution is 8.01. The first kappa shape index (κ1) is 13.4. The highest BCUT2D eigenvalue weighted by Gasteiger charge is 2.12. The van der Waals surface area contributed by atoms with E-state index < -0.39 is 0 Å². The van der Waals surface area contributed by atoms with Gasteiger partial charge in [-0.2, -0.15) is 5.10 Å². The number of hydrogen-bond donors (Lipinski definition) is 0. The van der Waals surface area contributed by atoms with Gasteiger partial charge in [0.25, 0.3) is 0 Å². The molecule has 0 bridgehead atoms. The summed E-state index contributed by atoms with van der Waals surface area (Å²) in [6.45, 7) is 8.37. The van der Waals surface area contributed by atoms with Gasteiger partial charge in [0.05, 0.1) is 5.69 Å². The molecule has 18 heavy (non-hydrogen) atoms. The predicted octanol–water partition coefficient (Wildman–Crippen LogP) is 3.41. The number of hydrogen-bond acceptors (Lipinski definition) is 3. The second-order valence-corrected chi connectivity index (χ2v) is 5.87. The number of allylic oxidation sites excluding steroid dienone is 1. The lowest BCUT2D eigenvalue weighted by molar-refractivity contribution is 0.372. The van der Waals surface area contributed by atoms with E-state index in [1.54, 1.807) is 11.9 Å². The van der Waals surface area contributed by atoms with Gasteiger partial charge in [0.1, 0.15) is 0 Å². The Morgan fingerprint density at radius 3 is 3.11 bits per heavy atom. The molecule has 0 radical (unpaired) electrons. The highest BCUT2D eigenvalue weighted by atomic mass is 32.2. The lowest BCUT2D eigenvalue weighted by atomic mass is 10.1. The molecular weight excluding hydrogens is 242 g/mol. The Balaban J connectivity index is 2.01. The molecule has 0 fully saturated rings. The van der Waals surface area contributed by atoms with E-state index in [1.165, 1.54) is 10.5 Å². The van der Waals surface area contributed by atoms with E-state index in [-0.39, 0.29) is 0 Å². The van der Waals surface area contributed by atoms with Crippen LogP contribution in [0, 0.1) is 0 Å². The van der Waals surface area contributed by atoms with Crippen molar-refractivity contribution in [2.24, 2.45) is 0 Å². The molecule has 1 aromatic heterocycles. The molecule has 3 nitrogen and oxygen atoms in total. The van der Waals surface area contributed by atoms with Gasteiger partial charge in [-0.25, -0.2) is 4.09 Å². The summed E-state index contributed by atoms with van der Waals surface area (Å²) < 4.78 is 1.92. The maximum absolute atomic E-state index is 4.61. The predicted molar refractivity (Wildman–Crippen MR) is 79.4 cm³/mol. The quantitative estimate of drug-likeness (QED) is 0.812. The van der Waals surface area contributed by atoms with Crippen LogP contribution in [0.2, 0.25) is 0 Å². The second-order valence-electron chi connectivity index (χ2n) is 4.74. The average Bonchev–Trinajstić information content (AvgIpc) is 2.78. The molecule has 2 rings (SSSR count). The van der Waals surface area contributed by atoms with E-state index in [2.05, 4.69) is 42.7 Å². The molecule has 0 spiro atoms. The zero-order valence-electron chi connectivity index (χ0n) is 11.2. The van der Waals surface area contributed by atoms with Crippen LogP contribution in [0.25, 0.3) is 5.57 Å². The standard InChI is InChI=1S/C14H21N3S/c1-4-6-12(2)18-17-10-8-14(15-17)13-7-5-9-16(3)11-13/h7-8,10H,2,4-6,9,11H2,1,3H3. The van der Waals surface area contributed by atoms with Crippen molar-refractivity contribution in [3.8, 4) is 0 Å². The molecule has 1 aliphatic rings. The van der Waals surface area contributed by atoms with Crippen LogP contribution < -0.4 is 0 Å². The third kappa shape index (κ3) is 3.50. The van der Waals surface area contributed by atoms with Gasteiger partial charge in [0.2, 0.25) is 0 Å². The van der Waals surface area contributed by atoms with Crippen LogP contribution in [-0.2, 0) is 0 Å². The molecule has 0 aliphatic carbocycles. The van der Waals surface area contributed by atoms with Gasteiger partial charge >= 0.3 is 0 Å². The summed E-state index contributed by atoms with van der Waals surface area (Å²) in [4.78, 5) is 3.50. The van der Waals surface area contributed by atoms with E-state index in [9.17, 15) is 0 Å². The van der Waals surface area contributed by atoms with Crippen molar-refractivity contribution in [1.82, 2.24) is 14.1 Å². The van der Waals surface area contributed by atoms with Gasteiger partial charge in [-0.05, 0) is 31.5 Å². The number of likely N-dealkylation sites (N-methyl/N-ethyl adjacent to an activating group) is 1. The van der Waals surface area contributed by atoms with Crippen LogP contribution in [0.15, 0.2) is 29.8 Å². The first-order valence-corrected chi connectivity index (χ1v) is 7.26. The van der Waals surface area contributed by atoms with Crippen molar-refractivity contribution in [3.05, 3.63) is 35.5 Å². The van der Waals surface area contributed by atoms with Gasteiger partial charge in [-0.15, -0.1) is 0 Å². The van der Waals surface area contributed by atoms with Gasteiger partial charge in [0, 0.05) is 36.1 Å². The van der Waals surface area contributed by atoms with Crippen LogP contribution in [0.3, 0.4) is 0 Å². The Kier molecular flexibility index (Phi) is 4.66. The number of rotatable bonds is 5. The largest absolute Gasteiger partial charge is 0.302 e. The minimum Gasteiger partial charge on any atom is -0.302 e. The van der Waals surface area contributed by atoms with E-state index >= 15 is 0 Å². The fourth-order valence-electron chi connectivity index (χ4n) is 2.07. The number of nitrogens with zero attached hydrogens (tertiary/aromatic N) is 3. The van der Waals surface area contributed by atoms with Crippen LogP contribution in [-0.4, -0.2) is 34.2 Å². The monoisotopic (exact) mass is 263 g/mol. The van der Waals surface area contributed by atoms with Crippen LogP contribution in [0.4, 0.5) is 0 Å². The molecule has 2 heterocycles. The van der Waals surface area contributed by atoms with Gasteiger partial charge < -0.3 is 4.90 Å². The first-order chi connectivity index (χ1) is 8.69. The van der Waals surface area contributed by atoms with Crippen molar-refractivity contribution < 1.29 is 0 Å². The zero-order valence-corrected chi connectivity index (χ0v) is 12.0. The topological polar surface area (TPSA) is 21.1 Å². The van der Waals surface area contributed by atoms with Crippen molar-refractivity contribution in [2.75, 3.05) is 20.1 Å². The molecule has 98 valence electrons. The second kappa shape index (κ2) is 6.25. The fourth-order valence-corrected chi connectivity index (χ4v) is 2.88. The first-order valence-electron chi connectivity index (χ1n) is 6.48. The average molecular weight is 263 g/mol. The summed E-state index contributed by atoms with van der Waals surface area (Å²) in [5.74, 6) is 0. The van der Waals surface area contributed by atoms with Crippen LogP contribution >= 0.6 is 11.9 Å². The Morgan fingerprint density at radius 2 is 2.39 bits per heavy atom. The Morgan fingerprint density at radius 1 is 1.56 bits per heavy atom. The van der Waals surface area contributed by atoms with E-state index in [0.29, 0.717) is 0 Å². The third-order valence-electron chi connectivity index (χ3n) is 2.99. The molecule has 0 saturated heterocycles. The molecule has 1 aromatic rings. The minimum atomic E-state index is 0.998. The molecule has 0 saturated carbocycles. The highest BCUT2D eigenvalue weighted by Crippen LogP contribution is 2.23. The van der Waals surface area contributed by atoms with Crippen molar-refractivity contribution in [1.29, 1.82) is 0 Å². The number of aromatic nitrogens is 2. The SMILES string of the molecule is C=C(CCC)Sn1ccc(C2=CCCN(C)C2)n1. The van der Waals surface area contributed by atoms with Crippen molar-refractivity contribution in [3.63, 3.8) is 0 Å². The fraction of sp³-hybridized carbons (Fsp3) is 0.500. The summed E-state index contributed by atoms with van der Waals surface area (Å²) in [5.41, 5.74) is 2.43.